The highest BCUT2D eigenvalue weighted by atomic mass is 19.1. The Bertz CT molecular complexity index is 431. The van der Waals surface area contributed by atoms with Gasteiger partial charge in [-0.2, -0.15) is 0 Å². The van der Waals surface area contributed by atoms with Gasteiger partial charge >= 0.3 is 0 Å². The number of nitrogens with zero attached hydrogens (tertiary/aromatic N) is 1. The van der Waals surface area contributed by atoms with Crippen molar-refractivity contribution in [1.29, 1.82) is 0 Å². The van der Waals surface area contributed by atoms with Crippen molar-refractivity contribution in [2.24, 2.45) is 5.41 Å². The Morgan fingerprint density at radius 3 is 2.69 bits per heavy atom. The van der Waals surface area contributed by atoms with Crippen molar-refractivity contribution in [2.75, 3.05) is 11.4 Å². The van der Waals surface area contributed by atoms with E-state index in [1.165, 1.54) is 17.0 Å². The molecule has 0 aliphatic carbocycles. The molecule has 1 aromatic rings. The smallest absolute Gasteiger partial charge is 0.256 e. The molecule has 86 valence electrons. The van der Waals surface area contributed by atoms with Crippen LogP contribution in [0.3, 0.4) is 0 Å². The van der Waals surface area contributed by atoms with Crippen LogP contribution in [0.5, 0.6) is 0 Å². The molecule has 1 atom stereocenters. The lowest BCUT2D eigenvalue weighted by atomic mass is 9.90. The van der Waals surface area contributed by atoms with Crippen molar-refractivity contribution in [3.63, 3.8) is 0 Å². The predicted octanol–water partition coefficient (Wildman–Crippen LogP) is 1.56. The van der Waals surface area contributed by atoms with E-state index in [0.717, 1.165) is 0 Å². The Balaban J connectivity index is 2.34. The van der Waals surface area contributed by atoms with Crippen LogP contribution in [0.4, 0.5) is 10.1 Å². The molecule has 0 aromatic heterocycles. The van der Waals surface area contributed by atoms with Gasteiger partial charge in [-0.3, -0.25) is 4.79 Å². The summed E-state index contributed by atoms with van der Waals surface area (Å²) in [4.78, 5) is 13.2. The highest BCUT2D eigenvalue weighted by Crippen LogP contribution is 2.33. The topological polar surface area (TPSA) is 40.5 Å². The Hall–Kier alpha value is -1.42. The molecule has 1 unspecified atom stereocenters. The first-order valence-corrected chi connectivity index (χ1v) is 5.17. The summed E-state index contributed by atoms with van der Waals surface area (Å²) in [5, 5.41) is 9.74. The van der Waals surface area contributed by atoms with Gasteiger partial charge in [-0.15, -0.1) is 0 Å². The van der Waals surface area contributed by atoms with Crippen molar-refractivity contribution in [3.8, 4) is 0 Å². The number of hydrogen-bond donors (Lipinski definition) is 1. The van der Waals surface area contributed by atoms with Crippen LogP contribution in [0, 0.1) is 11.2 Å². The van der Waals surface area contributed by atoms with E-state index in [-0.39, 0.29) is 11.7 Å². The third-order valence-electron chi connectivity index (χ3n) is 2.93. The van der Waals surface area contributed by atoms with Crippen LogP contribution in [0.1, 0.15) is 13.8 Å². The van der Waals surface area contributed by atoms with Gasteiger partial charge in [0.1, 0.15) is 11.9 Å². The molecule has 3 nitrogen and oxygen atoms in total. The lowest BCUT2D eigenvalue weighted by molar-refractivity contribution is -0.126. The first-order valence-electron chi connectivity index (χ1n) is 5.17. The minimum Gasteiger partial charge on any atom is -0.383 e. The van der Waals surface area contributed by atoms with Crippen LogP contribution in [0.2, 0.25) is 0 Å². The van der Waals surface area contributed by atoms with Crippen LogP contribution in [-0.2, 0) is 4.79 Å². The van der Waals surface area contributed by atoms with Gasteiger partial charge in [-0.1, -0.05) is 19.9 Å². The summed E-state index contributed by atoms with van der Waals surface area (Å²) in [6, 6.07) is 5.84. The fourth-order valence-electron chi connectivity index (χ4n) is 1.92. The molecule has 0 saturated carbocycles. The second-order valence-electron chi connectivity index (χ2n) is 4.80. The highest BCUT2D eigenvalue weighted by molar-refractivity contribution is 5.99. The van der Waals surface area contributed by atoms with Gasteiger partial charge in [0.2, 0.25) is 0 Å². The van der Waals surface area contributed by atoms with E-state index in [0.29, 0.717) is 12.2 Å². The number of rotatable bonds is 1. The lowest BCUT2D eigenvalue weighted by Gasteiger charge is -2.20. The van der Waals surface area contributed by atoms with Gasteiger partial charge in [-0.05, 0) is 18.2 Å². The molecular formula is C12H14FNO2. The first-order chi connectivity index (χ1) is 7.42. The number of hydrogen-bond acceptors (Lipinski definition) is 2. The Morgan fingerprint density at radius 1 is 1.50 bits per heavy atom. The van der Waals surface area contributed by atoms with Crippen LogP contribution >= 0.6 is 0 Å². The second kappa shape index (κ2) is 3.56. The minimum atomic E-state index is -1.02. The fourth-order valence-corrected chi connectivity index (χ4v) is 1.92. The van der Waals surface area contributed by atoms with Gasteiger partial charge in [0, 0.05) is 17.6 Å². The molecule has 1 N–H and O–H groups in total. The summed E-state index contributed by atoms with van der Waals surface area (Å²) in [5.74, 6) is -0.750. The monoisotopic (exact) mass is 223 g/mol. The number of carbonyl (C=O) groups excluding carboxylic acids is 1. The van der Waals surface area contributed by atoms with E-state index < -0.39 is 11.5 Å². The molecule has 4 heteroatoms. The summed E-state index contributed by atoms with van der Waals surface area (Å²) in [6.45, 7) is 4.03. The van der Waals surface area contributed by atoms with E-state index in [2.05, 4.69) is 0 Å². The van der Waals surface area contributed by atoms with Crippen LogP contribution < -0.4 is 4.90 Å². The van der Waals surface area contributed by atoms with Gasteiger partial charge in [-0.25, -0.2) is 4.39 Å². The minimum absolute atomic E-state index is 0.365. The summed E-state index contributed by atoms with van der Waals surface area (Å²) < 4.78 is 13.0. The average Bonchev–Trinajstić information content (AvgIpc) is 2.42. The number of aliphatic hydroxyl groups excluding tert-OH is 1. The maximum atomic E-state index is 13.0. The van der Waals surface area contributed by atoms with Crippen LogP contribution in [-0.4, -0.2) is 23.7 Å². The molecule has 1 amide bonds. The third kappa shape index (κ3) is 1.69. The Kier molecular flexibility index (Phi) is 2.46. The summed E-state index contributed by atoms with van der Waals surface area (Å²) >= 11 is 0. The highest BCUT2D eigenvalue weighted by Gasteiger charge is 2.45. The summed E-state index contributed by atoms with van der Waals surface area (Å²) in [5.41, 5.74) is -0.00160. The zero-order chi connectivity index (χ0) is 11.9. The Labute approximate surface area is 93.5 Å². The number of halogens is 1. The molecule has 0 spiro atoms. The number of aliphatic hydroxyl groups is 1. The molecule has 0 bridgehead atoms. The van der Waals surface area contributed by atoms with Crippen molar-refractivity contribution in [1.82, 2.24) is 0 Å². The molecule has 1 aliphatic rings. The standard InChI is InChI=1S/C12H14FNO2/c1-12(2)7-14(11(16)10(12)15)9-5-3-4-8(13)6-9/h3-6,10,15H,7H2,1-2H3. The lowest BCUT2D eigenvalue weighted by Crippen LogP contribution is -2.30. The van der Waals surface area contributed by atoms with Crippen LogP contribution in [0.15, 0.2) is 24.3 Å². The maximum absolute atomic E-state index is 13.0. The average molecular weight is 223 g/mol. The molecule has 1 aromatic carbocycles. The van der Waals surface area contributed by atoms with Crippen molar-refractivity contribution in [3.05, 3.63) is 30.1 Å². The molecule has 1 heterocycles. The number of benzene rings is 1. The van der Waals surface area contributed by atoms with E-state index in [1.54, 1.807) is 12.1 Å². The molecule has 1 fully saturated rings. The summed E-state index contributed by atoms with van der Waals surface area (Å²) in [6.07, 6.45) is -1.02. The fraction of sp³-hybridized carbons (Fsp3) is 0.417. The van der Waals surface area contributed by atoms with Crippen molar-refractivity contribution in [2.45, 2.75) is 20.0 Å². The quantitative estimate of drug-likeness (QED) is 0.784. The van der Waals surface area contributed by atoms with Crippen LogP contribution in [0.25, 0.3) is 0 Å². The predicted molar refractivity (Wildman–Crippen MR) is 58.5 cm³/mol. The second-order valence-corrected chi connectivity index (χ2v) is 4.80. The van der Waals surface area contributed by atoms with Gasteiger partial charge in [0.05, 0.1) is 0 Å². The number of anilines is 1. The summed E-state index contributed by atoms with van der Waals surface area (Å²) in [7, 11) is 0. The van der Waals surface area contributed by atoms with E-state index >= 15 is 0 Å². The molecule has 1 saturated heterocycles. The van der Waals surface area contributed by atoms with E-state index in [1.807, 2.05) is 13.8 Å². The SMILES string of the molecule is CC1(C)CN(c2cccc(F)c2)C(=O)C1O. The normalized spacial score (nSPS) is 23.9. The van der Waals surface area contributed by atoms with E-state index in [9.17, 15) is 14.3 Å². The van der Waals surface area contributed by atoms with Gasteiger partial charge in [0.25, 0.3) is 5.91 Å². The zero-order valence-electron chi connectivity index (χ0n) is 9.27. The maximum Gasteiger partial charge on any atom is 0.256 e. The first kappa shape index (κ1) is 11.1. The van der Waals surface area contributed by atoms with Crippen molar-refractivity contribution >= 4 is 11.6 Å². The largest absolute Gasteiger partial charge is 0.383 e. The number of amides is 1. The molecule has 1 aliphatic heterocycles. The number of carbonyl (C=O) groups is 1. The Morgan fingerprint density at radius 2 is 2.19 bits per heavy atom. The van der Waals surface area contributed by atoms with Crippen molar-refractivity contribution < 1.29 is 14.3 Å². The van der Waals surface area contributed by atoms with Gasteiger partial charge in [0.15, 0.2) is 0 Å². The van der Waals surface area contributed by atoms with Gasteiger partial charge < -0.3 is 10.0 Å². The molecular weight excluding hydrogens is 209 g/mol. The molecule has 2 rings (SSSR count). The zero-order valence-corrected chi connectivity index (χ0v) is 9.27. The molecule has 0 radical (unpaired) electrons. The van der Waals surface area contributed by atoms with E-state index in [4.69, 9.17) is 0 Å². The molecule has 16 heavy (non-hydrogen) atoms. The third-order valence-corrected chi connectivity index (χ3v) is 2.93.